The lowest BCUT2D eigenvalue weighted by Gasteiger charge is -2.18. The zero-order chi connectivity index (χ0) is 8.97. The average molecular weight is 168 g/mol. The maximum atomic E-state index is 4.62. The van der Waals surface area contributed by atoms with Gasteiger partial charge in [-0.15, -0.1) is 0 Å². The van der Waals surface area contributed by atoms with Crippen LogP contribution in [0.3, 0.4) is 0 Å². The average Bonchev–Trinajstić information content (AvgIpc) is 2.56. The molecule has 2 nitrogen and oxygen atoms in total. The molecule has 0 aromatic heterocycles. The second-order valence-corrected chi connectivity index (χ2v) is 3.63. The fourth-order valence-corrected chi connectivity index (χ4v) is 1.53. The van der Waals surface area contributed by atoms with Gasteiger partial charge in [-0.3, -0.25) is 4.99 Å². The third kappa shape index (κ3) is 2.50. The third-order valence-corrected chi connectivity index (χ3v) is 2.56. The van der Waals surface area contributed by atoms with Crippen LogP contribution in [0.1, 0.15) is 40.0 Å². The van der Waals surface area contributed by atoms with E-state index in [0.717, 1.165) is 6.42 Å². The fourth-order valence-electron chi connectivity index (χ4n) is 1.53. The molecule has 0 aromatic carbocycles. The van der Waals surface area contributed by atoms with Crippen LogP contribution in [0.4, 0.5) is 0 Å². The Morgan fingerprint density at radius 3 is 2.50 bits per heavy atom. The quantitative estimate of drug-likeness (QED) is 0.456. The highest BCUT2D eigenvalue weighted by Crippen LogP contribution is 2.09. The summed E-state index contributed by atoms with van der Waals surface area (Å²) in [6, 6.07) is 0.491. The summed E-state index contributed by atoms with van der Waals surface area (Å²) < 4.78 is 0. The first-order chi connectivity index (χ1) is 5.74. The first-order valence-corrected chi connectivity index (χ1v) is 5.03. The summed E-state index contributed by atoms with van der Waals surface area (Å²) in [4.78, 5) is 7.02. The minimum Gasteiger partial charge on any atom is -0.361 e. The first-order valence-electron chi connectivity index (χ1n) is 5.03. The normalized spacial score (nSPS) is 21.6. The van der Waals surface area contributed by atoms with Crippen LogP contribution >= 0.6 is 0 Å². The van der Waals surface area contributed by atoms with Crippen molar-refractivity contribution < 1.29 is 0 Å². The van der Waals surface area contributed by atoms with E-state index in [2.05, 4.69) is 30.7 Å². The highest BCUT2D eigenvalue weighted by atomic mass is 15.2. The Kier molecular flexibility index (Phi) is 3.57. The van der Waals surface area contributed by atoms with Crippen LogP contribution in [0.25, 0.3) is 0 Å². The summed E-state index contributed by atoms with van der Waals surface area (Å²) in [6.07, 6.45) is 3.83. The van der Waals surface area contributed by atoms with Gasteiger partial charge in [0.2, 0.25) is 0 Å². The molecule has 1 rings (SSSR count). The number of hydrogen-bond acceptors (Lipinski definition) is 1. The summed E-state index contributed by atoms with van der Waals surface area (Å²) in [7, 11) is 0. The summed E-state index contributed by atoms with van der Waals surface area (Å²) in [5.74, 6) is 1.24. The lowest BCUT2D eigenvalue weighted by Crippen LogP contribution is -2.26. The molecular formula is C10H20N2. The molecule has 0 radical (unpaired) electrons. The molecule has 70 valence electrons. The van der Waals surface area contributed by atoms with Gasteiger partial charge in [-0.2, -0.15) is 0 Å². The van der Waals surface area contributed by atoms with Gasteiger partial charge in [-0.05, 0) is 33.1 Å². The standard InChI is InChI=1S/C10H20N2/c1-4-9(2)11-10(3)12-7-5-6-8-12/h9H,4-8H2,1-3H3. The van der Waals surface area contributed by atoms with Crippen molar-refractivity contribution in [3.05, 3.63) is 0 Å². The van der Waals surface area contributed by atoms with Gasteiger partial charge in [0.25, 0.3) is 0 Å². The number of aliphatic imine (C=N–C) groups is 1. The number of nitrogens with zero attached hydrogens (tertiary/aromatic N) is 2. The molecule has 1 fully saturated rings. The summed E-state index contributed by atoms with van der Waals surface area (Å²) in [5, 5.41) is 0. The van der Waals surface area contributed by atoms with Crippen molar-refractivity contribution in [2.45, 2.75) is 46.1 Å². The molecule has 1 aliphatic heterocycles. The minimum atomic E-state index is 0.491. The molecule has 1 saturated heterocycles. The topological polar surface area (TPSA) is 15.6 Å². The van der Waals surface area contributed by atoms with E-state index in [1.165, 1.54) is 31.8 Å². The molecule has 0 spiro atoms. The number of amidine groups is 1. The molecule has 12 heavy (non-hydrogen) atoms. The lowest BCUT2D eigenvalue weighted by atomic mass is 10.3. The summed E-state index contributed by atoms with van der Waals surface area (Å²) in [6.45, 7) is 8.93. The SMILES string of the molecule is CCC(C)N=C(C)N1CCCC1. The van der Waals surface area contributed by atoms with Crippen LogP contribution in [-0.2, 0) is 0 Å². The largest absolute Gasteiger partial charge is 0.361 e. The van der Waals surface area contributed by atoms with Crippen molar-refractivity contribution in [2.75, 3.05) is 13.1 Å². The summed E-state index contributed by atoms with van der Waals surface area (Å²) >= 11 is 0. The van der Waals surface area contributed by atoms with Crippen LogP contribution in [0.5, 0.6) is 0 Å². The number of rotatable bonds is 2. The molecule has 0 N–H and O–H groups in total. The highest BCUT2D eigenvalue weighted by molar-refractivity contribution is 5.80. The Morgan fingerprint density at radius 1 is 1.42 bits per heavy atom. The van der Waals surface area contributed by atoms with Crippen molar-refractivity contribution >= 4 is 5.84 Å². The van der Waals surface area contributed by atoms with Crippen molar-refractivity contribution in [1.82, 2.24) is 4.90 Å². The molecule has 1 unspecified atom stereocenters. The van der Waals surface area contributed by atoms with Crippen LogP contribution in [0, 0.1) is 0 Å². The van der Waals surface area contributed by atoms with Crippen LogP contribution in [0.2, 0.25) is 0 Å². The monoisotopic (exact) mass is 168 g/mol. The van der Waals surface area contributed by atoms with E-state index in [1.807, 2.05) is 0 Å². The zero-order valence-corrected chi connectivity index (χ0v) is 8.51. The van der Waals surface area contributed by atoms with Gasteiger partial charge in [0.05, 0.1) is 5.84 Å². The smallest absolute Gasteiger partial charge is 0.0960 e. The maximum absolute atomic E-state index is 4.62. The van der Waals surface area contributed by atoms with E-state index in [9.17, 15) is 0 Å². The van der Waals surface area contributed by atoms with Crippen molar-refractivity contribution in [2.24, 2.45) is 4.99 Å². The van der Waals surface area contributed by atoms with Crippen molar-refractivity contribution in [1.29, 1.82) is 0 Å². The molecule has 1 atom stereocenters. The highest BCUT2D eigenvalue weighted by Gasteiger charge is 2.12. The van der Waals surface area contributed by atoms with Crippen molar-refractivity contribution in [3.8, 4) is 0 Å². The van der Waals surface area contributed by atoms with Gasteiger partial charge < -0.3 is 4.90 Å². The Hall–Kier alpha value is -0.530. The maximum Gasteiger partial charge on any atom is 0.0960 e. The first kappa shape index (κ1) is 9.56. The Bertz CT molecular complexity index is 157. The van der Waals surface area contributed by atoms with E-state index in [1.54, 1.807) is 0 Å². The van der Waals surface area contributed by atoms with Gasteiger partial charge >= 0.3 is 0 Å². The van der Waals surface area contributed by atoms with Crippen molar-refractivity contribution in [3.63, 3.8) is 0 Å². The van der Waals surface area contributed by atoms with Gasteiger partial charge in [-0.25, -0.2) is 0 Å². The molecule has 0 saturated carbocycles. The van der Waals surface area contributed by atoms with Crippen LogP contribution in [-0.4, -0.2) is 29.9 Å². The zero-order valence-electron chi connectivity index (χ0n) is 8.51. The third-order valence-electron chi connectivity index (χ3n) is 2.56. The Labute approximate surface area is 75.7 Å². The second kappa shape index (κ2) is 4.48. The lowest BCUT2D eigenvalue weighted by molar-refractivity contribution is 0.507. The predicted octanol–water partition coefficient (Wildman–Crippen LogP) is 2.30. The molecule has 1 aliphatic rings. The molecule has 0 bridgehead atoms. The molecule has 1 heterocycles. The Balaban J connectivity index is 2.43. The molecule has 0 amide bonds. The van der Waals surface area contributed by atoms with E-state index in [-0.39, 0.29) is 0 Å². The van der Waals surface area contributed by atoms with E-state index in [4.69, 9.17) is 0 Å². The van der Waals surface area contributed by atoms with E-state index in [0.29, 0.717) is 6.04 Å². The van der Waals surface area contributed by atoms with Gasteiger partial charge in [-0.1, -0.05) is 6.92 Å². The fraction of sp³-hybridized carbons (Fsp3) is 0.900. The van der Waals surface area contributed by atoms with Crippen LogP contribution in [0.15, 0.2) is 4.99 Å². The summed E-state index contributed by atoms with van der Waals surface area (Å²) in [5.41, 5.74) is 0. The van der Waals surface area contributed by atoms with Gasteiger partial charge in [0.15, 0.2) is 0 Å². The number of hydrogen-bond donors (Lipinski definition) is 0. The second-order valence-electron chi connectivity index (χ2n) is 3.63. The number of likely N-dealkylation sites (tertiary alicyclic amines) is 1. The molecule has 2 heteroatoms. The Morgan fingerprint density at radius 2 is 2.00 bits per heavy atom. The van der Waals surface area contributed by atoms with E-state index >= 15 is 0 Å². The molecular weight excluding hydrogens is 148 g/mol. The van der Waals surface area contributed by atoms with Gasteiger partial charge in [0.1, 0.15) is 0 Å². The van der Waals surface area contributed by atoms with E-state index < -0.39 is 0 Å². The minimum absolute atomic E-state index is 0.491. The predicted molar refractivity (Wildman–Crippen MR) is 53.7 cm³/mol. The molecule has 0 aromatic rings. The van der Waals surface area contributed by atoms with Crippen LogP contribution < -0.4 is 0 Å². The van der Waals surface area contributed by atoms with Gasteiger partial charge in [0, 0.05) is 19.1 Å². The molecule has 0 aliphatic carbocycles.